The van der Waals surface area contributed by atoms with Crippen molar-refractivity contribution in [2.24, 2.45) is 0 Å². The SMILES string of the molecule is Cc1cccc(Nc2nccc(N(Cc3ccccc3)C(C)C)n2)c1. The molecule has 128 valence electrons. The third-order valence-corrected chi connectivity index (χ3v) is 4.03. The van der Waals surface area contributed by atoms with Crippen molar-refractivity contribution >= 4 is 17.5 Å². The Balaban J connectivity index is 1.82. The zero-order valence-corrected chi connectivity index (χ0v) is 15.0. The van der Waals surface area contributed by atoms with Crippen molar-refractivity contribution in [2.45, 2.75) is 33.4 Å². The molecule has 0 atom stereocenters. The highest BCUT2D eigenvalue weighted by Crippen LogP contribution is 2.20. The molecule has 0 amide bonds. The van der Waals surface area contributed by atoms with Crippen molar-refractivity contribution in [3.63, 3.8) is 0 Å². The van der Waals surface area contributed by atoms with Crippen LogP contribution in [0.4, 0.5) is 17.5 Å². The number of nitrogens with one attached hydrogen (secondary N) is 1. The fraction of sp³-hybridized carbons (Fsp3) is 0.238. The summed E-state index contributed by atoms with van der Waals surface area (Å²) >= 11 is 0. The van der Waals surface area contributed by atoms with Crippen LogP contribution in [-0.4, -0.2) is 16.0 Å². The highest BCUT2D eigenvalue weighted by molar-refractivity contribution is 5.56. The summed E-state index contributed by atoms with van der Waals surface area (Å²) in [7, 11) is 0. The van der Waals surface area contributed by atoms with Crippen LogP contribution in [0.2, 0.25) is 0 Å². The lowest BCUT2D eigenvalue weighted by Crippen LogP contribution is -2.31. The molecule has 1 N–H and O–H groups in total. The predicted octanol–water partition coefficient (Wildman–Crippen LogP) is 4.94. The normalized spacial score (nSPS) is 10.7. The largest absolute Gasteiger partial charge is 0.350 e. The zero-order chi connectivity index (χ0) is 17.6. The molecule has 0 fully saturated rings. The van der Waals surface area contributed by atoms with Crippen molar-refractivity contribution in [2.75, 3.05) is 10.2 Å². The van der Waals surface area contributed by atoms with Gasteiger partial charge in [-0.15, -0.1) is 0 Å². The van der Waals surface area contributed by atoms with Crippen molar-refractivity contribution in [3.05, 3.63) is 78.0 Å². The Morgan fingerprint density at radius 1 is 1.00 bits per heavy atom. The molecule has 0 aliphatic rings. The molecule has 1 aromatic heterocycles. The number of nitrogens with zero attached hydrogens (tertiary/aromatic N) is 3. The monoisotopic (exact) mass is 332 g/mol. The van der Waals surface area contributed by atoms with E-state index in [9.17, 15) is 0 Å². The maximum absolute atomic E-state index is 4.72. The van der Waals surface area contributed by atoms with Gasteiger partial charge in [-0.05, 0) is 50.1 Å². The second kappa shape index (κ2) is 7.79. The quantitative estimate of drug-likeness (QED) is 0.694. The first-order valence-corrected chi connectivity index (χ1v) is 8.59. The van der Waals surface area contributed by atoms with E-state index < -0.39 is 0 Å². The minimum atomic E-state index is 0.335. The van der Waals surface area contributed by atoms with Crippen LogP contribution in [0.15, 0.2) is 66.9 Å². The molecule has 3 rings (SSSR count). The zero-order valence-electron chi connectivity index (χ0n) is 15.0. The van der Waals surface area contributed by atoms with E-state index >= 15 is 0 Å². The number of hydrogen-bond donors (Lipinski definition) is 1. The molecule has 4 heteroatoms. The third-order valence-electron chi connectivity index (χ3n) is 4.03. The molecular weight excluding hydrogens is 308 g/mol. The van der Waals surface area contributed by atoms with Crippen LogP contribution in [0, 0.1) is 6.92 Å². The van der Waals surface area contributed by atoms with Crippen LogP contribution in [-0.2, 0) is 6.54 Å². The van der Waals surface area contributed by atoms with Gasteiger partial charge in [0.1, 0.15) is 5.82 Å². The Morgan fingerprint density at radius 3 is 2.52 bits per heavy atom. The molecule has 0 saturated carbocycles. The lowest BCUT2D eigenvalue weighted by Gasteiger charge is -2.28. The first-order valence-electron chi connectivity index (χ1n) is 8.59. The molecule has 0 spiro atoms. The summed E-state index contributed by atoms with van der Waals surface area (Å²) in [5.74, 6) is 1.53. The lowest BCUT2D eigenvalue weighted by molar-refractivity contribution is 0.672. The molecule has 2 aromatic carbocycles. The van der Waals surface area contributed by atoms with E-state index in [0.29, 0.717) is 12.0 Å². The summed E-state index contributed by atoms with van der Waals surface area (Å²) in [4.78, 5) is 11.4. The molecular formula is C21H24N4. The van der Waals surface area contributed by atoms with E-state index in [1.165, 1.54) is 11.1 Å². The molecule has 1 heterocycles. The Kier molecular flexibility index (Phi) is 5.29. The molecule has 0 bridgehead atoms. The van der Waals surface area contributed by atoms with E-state index in [2.05, 4.69) is 72.4 Å². The van der Waals surface area contributed by atoms with Gasteiger partial charge in [0.25, 0.3) is 0 Å². The number of aromatic nitrogens is 2. The van der Waals surface area contributed by atoms with Crippen molar-refractivity contribution in [1.82, 2.24) is 9.97 Å². The van der Waals surface area contributed by atoms with Crippen molar-refractivity contribution < 1.29 is 0 Å². The van der Waals surface area contributed by atoms with Crippen LogP contribution in [0.5, 0.6) is 0 Å². The van der Waals surface area contributed by atoms with Crippen LogP contribution < -0.4 is 10.2 Å². The Morgan fingerprint density at radius 2 is 1.80 bits per heavy atom. The lowest BCUT2D eigenvalue weighted by atomic mass is 10.2. The molecule has 0 unspecified atom stereocenters. The topological polar surface area (TPSA) is 41.1 Å². The second-order valence-electron chi connectivity index (χ2n) is 6.44. The minimum Gasteiger partial charge on any atom is -0.350 e. The van der Waals surface area contributed by atoms with Gasteiger partial charge in [0, 0.05) is 24.5 Å². The maximum Gasteiger partial charge on any atom is 0.229 e. The van der Waals surface area contributed by atoms with Crippen LogP contribution in [0.25, 0.3) is 0 Å². The van der Waals surface area contributed by atoms with E-state index in [1.54, 1.807) is 6.20 Å². The summed E-state index contributed by atoms with van der Waals surface area (Å²) < 4.78 is 0. The second-order valence-corrected chi connectivity index (χ2v) is 6.44. The molecule has 4 nitrogen and oxygen atoms in total. The van der Waals surface area contributed by atoms with Crippen LogP contribution >= 0.6 is 0 Å². The maximum atomic E-state index is 4.72. The molecule has 0 radical (unpaired) electrons. The molecule has 25 heavy (non-hydrogen) atoms. The fourth-order valence-corrected chi connectivity index (χ4v) is 2.73. The number of rotatable bonds is 6. The summed E-state index contributed by atoms with van der Waals surface area (Å²) in [5, 5.41) is 3.29. The van der Waals surface area contributed by atoms with Gasteiger partial charge >= 0.3 is 0 Å². The van der Waals surface area contributed by atoms with E-state index in [1.807, 2.05) is 24.3 Å². The van der Waals surface area contributed by atoms with Crippen LogP contribution in [0.1, 0.15) is 25.0 Å². The predicted molar refractivity (Wildman–Crippen MR) is 104 cm³/mol. The van der Waals surface area contributed by atoms with Gasteiger partial charge < -0.3 is 10.2 Å². The van der Waals surface area contributed by atoms with Gasteiger partial charge in [0.2, 0.25) is 5.95 Å². The fourth-order valence-electron chi connectivity index (χ4n) is 2.73. The summed E-state index contributed by atoms with van der Waals surface area (Å²) in [5.41, 5.74) is 3.47. The average Bonchev–Trinajstić information content (AvgIpc) is 2.60. The highest BCUT2D eigenvalue weighted by Gasteiger charge is 2.13. The van der Waals surface area contributed by atoms with E-state index in [4.69, 9.17) is 4.98 Å². The van der Waals surface area contributed by atoms with E-state index in [0.717, 1.165) is 18.1 Å². The summed E-state index contributed by atoms with van der Waals surface area (Å²) in [6.45, 7) is 7.25. The molecule has 0 saturated heterocycles. The highest BCUT2D eigenvalue weighted by atomic mass is 15.2. The van der Waals surface area contributed by atoms with Crippen molar-refractivity contribution in [1.29, 1.82) is 0 Å². The molecule has 0 aliphatic heterocycles. The number of anilines is 3. The number of hydrogen-bond acceptors (Lipinski definition) is 4. The molecule has 0 aliphatic carbocycles. The van der Waals surface area contributed by atoms with Gasteiger partial charge in [-0.25, -0.2) is 4.98 Å². The Labute approximate surface area is 149 Å². The Hall–Kier alpha value is -2.88. The minimum absolute atomic E-state index is 0.335. The summed E-state index contributed by atoms with van der Waals surface area (Å²) in [6, 6.07) is 21.0. The Bertz CT molecular complexity index is 815. The average molecular weight is 332 g/mol. The van der Waals surface area contributed by atoms with Gasteiger partial charge in [0.15, 0.2) is 0 Å². The number of benzene rings is 2. The van der Waals surface area contributed by atoms with Crippen molar-refractivity contribution in [3.8, 4) is 0 Å². The van der Waals surface area contributed by atoms with Gasteiger partial charge in [-0.3, -0.25) is 0 Å². The molecule has 3 aromatic rings. The standard InChI is InChI=1S/C21H24N4/c1-16(2)25(15-18-9-5-4-6-10-18)20-12-13-22-21(24-20)23-19-11-7-8-17(3)14-19/h4-14,16H,15H2,1-3H3,(H,22,23,24). The van der Waals surface area contributed by atoms with E-state index in [-0.39, 0.29) is 0 Å². The summed E-state index contributed by atoms with van der Waals surface area (Å²) in [6.07, 6.45) is 1.81. The first-order chi connectivity index (χ1) is 12.1. The van der Waals surface area contributed by atoms with Gasteiger partial charge in [0.05, 0.1) is 0 Å². The van der Waals surface area contributed by atoms with Gasteiger partial charge in [-0.2, -0.15) is 4.98 Å². The first kappa shape index (κ1) is 17.0. The van der Waals surface area contributed by atoms with Gasteiger partial charge in [-0.1, -0.05) is 42.5 Å². The van der Waals surface area contributed by atoms with Crippen LogP contribution in [0.3, 0.4) is 0 Å². The number of aryl methyl sites for hydroxylation is 1. The third kappa shape index (κ3) is 4.57. The smallest absolute Gasteiger partial charge is 0.229 e.